The highest BCUT2D eigenvalue weighted by atomic mass is 16.5. The summed E-state index contributed by atoms with van der Waals surface area (Å²) >= 11 is 0. The van der Waals surface area contributed by atoms with Crippen molar-refractivity contribution in [2.24, 2.45) is 0 Å². The molecule has 7 nitrogen and oxygen atoms in total. The molecule has 3 aromatic rings. The van der Waals surface area contributed by atoms with Crippen molar-refractivity contribution in [3.8, 4) is 11.5 Å². The molecule has 170 valence electrons. The smallest absolute Gasteiger partial charge is 0.227 e. The van der Waals surface area contributed by atoms with E-state index in [1.165, 1.54) is 0 Å². The summed E-state index contributed by atoms with van der Waals surface area (Å²) < 4.78 is 11.4. The van der Waals surface area contributed by atoms with Gasteiger partial charge in [0.15, 0.2) is 0 Å². The van der Waals surface area contributed by atoms with E-state index in [-0.39, 0.29) is 30.7 Å². The number of para-hydroxylation sites is 2. The van der Waals surface area contributed by atoms with Crippen molar-refractivity contribution in [1.82, 2.24) is 10.3 Å². The maximum atomic E-state index is 12.7. The zero-order chi connectivity index (χ0) is 23.0. The number of aromatic nitrogens is 1. The summed E-state index contributed by atoms with van der Waals surface area (Å²) in [5, 5.41) is 2.97. The van der Waals surface area contributed by atoms with Gasteiger partial charge in [0.25, 0.3) is 0 Å². The Labute approximate surface area is 193 Å². The van der Waals surface area contributed by atoms with Crippen molar-refractivity contribution in [3.63, 3.8) is 0 Å². The van der Waals surface area contributed by atoms with E-state index in [2.05, 4.69) is 10.3 Å². The molecular weight excluding hydrogens is 418 g/mol. The minimum Gasteiger partial charge on any atom is -0.490 e. The fourth-order valence-corrected chi connectivity index (χ4v) is 3.68. The molecule has 0 saturated heterocycles. The Morgan fingerprint density at radius 1 is 1.09 bits per heavy atom. The summed E-state index contributed by atoms with van der Waals surface area (Å²) in [5.74, 6) is 1.21. The summed E-state index contributed by atoms with van der Waals surface area (Å²) in [6, 6.07) is 18.7. The van der Waals surface area contributed by atoms with Gasteiger partial charge in [-0.25, -0.2) is 0 Å². The summed E-state index contributed by atoms with van der Waals surface area (Å²) in [5.41, 5.74) is 2.72. The van der Waals surface area contributed by atoms with Gasteiger partial charge in [0.1, 0.15) is 24.7 Å². The van der Waals surface area contributed by atoms with Gasteiger partial charge < -0.3 is 19.7 Å². The number of hydrogen-bond donors (Lipinski definition) is 1. The normalized spacial score (nSPS) is 13.4. The molecule has 1 atom stereocenters. The largest absolute Gasteiger partial charge is 0.490 e. The second-order valence-electron chi connectivity index (χ2n) is 7.87. The molecule has 7 heteroatoms. The number of amides is 2. The summed E-state index contributed by atoms with van der Waals surface area (Å²) in [4.78, 5) is 30.9. The Kier molecular flexibility index (Phi) is 7.19. The van der Waals surface area contributed by atoms with Gasteiger partial charge in [-0.15, -0.1) is 0 Å². The highest BCUT2D eigenvalue weighted by molar-refractivity contribution is 5.97. The zero-order valence-electron chi connectivity index (χ0n) is 18.6. The van der Waals surface area contributed by atoms with Crippen LogP contribution in [0, 0.1) is 0 Å². The van der Waals surface area contributed by atoms with Crippen LogP contribution in [0.1, 0.15) is 36.9 Å². The third kappa shape index (κ3) is 5.88. The fourth-order valence-electron chi connectivity index (χ4n) is 3.68. The average molecular weight is 446 g/mol. The Hall–Kier alpha value is -3.87. The second-order valence-corrected chi connectivity index (χ2v) is 7.87. The number of anilines is 1. The lowest BCUT2D eigenvalue weighted by Crippen LogP contribution is -2.38. The monoisotopic (exact) mass is 445 g/mol. The topological polar surface area (TPSA) is 80.8 Å². The Balaban J connectivity index is 1.24. The number of ether oxygens (including phenoxy) is 2. The Bertz CT molecular complexity index is 1090. The molecule has 1 unspecified atom stereocenters. The van der Waals surface area contributed by atoms with E-state index in [4.69, 9.17) is 9.47 Å². The van der Waals surface area contributed by atoms with Crippen molar-refractivity contribution in [3.05, 3.63) is 84.2 Å². The van der Waals surface area contributed by atoms with Gasteiger partial charge in [-0.05, 0) is 42.8 Å². The van der Waals surface area contributed by atoms with Gasteiger partial charge in [-0.2, -0.15) is 0 Å². The molecule has 1 aromatic heterocycles. The predicted octanol–water partition coefficient (Wildman–Crippen LogP) is 4.04. The van der Waals surface area contributed by atoms with Crippen LogP contribution in [0.3, 0.4) is 0 Å². The minimum absolute atomic E-state index is 0.0799. The van der Waals surface area contributed by atoms with E-state index in [9.17, 15) is 9.59 Å². The van der Waals surface area contributed by atoms with E-state index >= 15 is 0 Å². The van der Waals surface area contributed by atoms with Crippen LogP contribution in [0.4, 0.5) is 5.69 Å². The van der Waals surface area contributed by atoms with Crippen LogP contribution in [0.5, 0.6) is 11.5 Å². The average Bonchev–Trinajstić information content (AvgIpc) is 2.86. The molecule has 2 aromatic carbocycles. The molecule has 1 aliphatic heterocycles. The molecule has 0 bridgehead atoms. The maximum absolute atomic E-state index is 12.7. The molecule has 33 heavy (non-hydrogen) atoms. The van der Waals surface area contributed by atoms with Crippen LogP contribution >= 0.6 is 0 Å². The first kappa shape index (κ1) is 22.3. The van der Waals surface area contributed by atoms with Crippen molar-refractivity contribution in [1.29, 1.82) is 0 Å². The predicted molar refractivity (Wildman–Crippen MR) is 125 cm³/mol. The van der Waals surface area contributed by atoms with Crippen LogP contribution in [-0.4, -0.2) is 29.9 Å². The van der Waals surface area contributed by atoms with Crippen LogP contribution in [0.25, 0.3) is 0 Å². The standard InChI is InChI=1S/C26H27N3O4/c1-19(21-8-10-22(11-9-21)33-18-20-5-4-14-27-17-20)28-25(30)12-13-26(31)29-15-16-32-24-7-3-2-6-23(24)29/h2-11,14,17,19H,12-13,15-16,18H2,1H3,(H,28,30). The highest BCUT2D eigenvalue weighted by Crippen LogP contribution is 2.31. The number of nitrogens with zero attached hydrogens (tertiary/aromatic N) is 2. The van der Waals surface area contributed by atoms with Crippen molar-refractivity contribution < 1.29 is 19.1 Å². The zero-order valence-corrected chi connectivity index (χ0v) is 18.6. The molecule has 2 amide bonds. The van der Waals surface area contributed by atoms with Crippen molar-refractivity contribution in [2.75, 3.05) is 18.1 Å². The third-order valence-corrected chi connectivity index (χ3v) is 5.48. The quantitative estimate of drug-likeness (QED) is 0.566. The molecule has 0 spiro atoms. The number of pyridine rings is 1. The molecule has 0 aliphatic carbocycles. The van der Waals surface area contributed by atoms with Crippen molar-refractivity contribution in [2.45, 2.75) is 32.4 Å². The number of hydrogen-bond acceptors (Lipinski definition) is 5. The van der Waals surface area contributed by atoms with Gasteiger partial charge in [-0.1, -0.05) is 30.3 Å². The van der Waals surface area contributed by atoms with E-state index in [0.717, 1.165) is 22.6 Å². The second kappa shape index (κ2) is 10.6. The first-order chi connectivity index (χ1) is 16.1. The number of carbonyl (C=O) groups excluding carboxylic acids is 2. The fraction of sp³-hybridized carbons (Fsp3) is 0.269. The van der Waals surface area contributed by atoms with Gasteiger partial charge in [-0.3, -0.25) is 14.6 Å². The number of fused-ring (bicyclic) bond motifs is 1. The lowest BCUT2D eigenvalue weighted by molar-refractivity contribution is -0.125. The highest BCUT2D eigenvalue weighted by Gasteiger charge is 2.23. The molecule has 2 heterocycles. The maximum Gasteiger partial charge on any atom is 0.227 e. The SMILES string of the molecule is CC(NC(=O)CCC(=O)N1CCOc2ccccc21)c1ccc(OCc2cccnc2)cc1. The molecule has 0 radical (unpaired) electrons. The number of nitrogens with one attached hydrogen (secondary N) is 1. The summed E-state index contributed by atoms with van der Waals surface area (Å²) in [7, 11) is 0. The molecular formula is C26H27N3O4. The number of benzene rings is 2. The number of carbonyl (C=O) groups is 2. The Morgan fingerprint density at radius 2 is 1.91 bits per heavy atom. The lowest BCUT2D eigenvalue weighted by Gasteiger charge is -2.29. The number of rotatable bonds is 8. The first-order valence-electron chi connectivity index (χ1n) is 11.0. The first-order valence-corrected chi connectivity index (χ1v) is 11.0. The summed E-state index contributed by atoms with van der Waals surface area (Å²) in [6.45, 7) is 3.31. The minimum atomic E-state index is -0.177. The lowest BCUT2D eigenvalue weighted by atomic mass is 10.1. The van der Waals surface area contributed by atoms with E-state index in [1.54, 1.807) is 17.3 Å². The molecule has 1 aliphatic rings. The van der Waals surface area contributed by atoms with Gasteiger partial charge in [0.05, 0.1) is 18.3 Å². The van der Waals surface area contributed by atoms with E-state index < -0.39 is 0 Å². The van der Waals surface area contributed by atoms with Crippen molar-refractivity contribution >= 4 is 17.5 Å². The van der Waals surface area contributed by atoms with Gasteiger partial charge in [0.2, 0.25) is 11.8 Å². The van der Waals surface area contributed by atoms with Gasteiger partial charge in [0, 0.05) is 30.8 Å². The molecule has 1 N–H and O–H groups in total. The van der Waals surface area contributed by atoms with Crippen LogP contribution < -0.4 is 19.7 Å². The van der Waals surface area contributed by atoms with Gasteiger partial charge >= 0.3 is 0 Å². The van der Waals surface area contributed by atoms with Crippen LogP contribution in [0.2, 0.25) is 0 Å². The molecule has 4 rings (SSSR count). The summed E-state index contributed by atoms with van der Waals surface area (Å²) in [6.07, 6.45) is 3.78. The van der Waals surface area contributed by atoms with E-state index in [0.29, 0.717) is 25.5 Å². The van der Waals surface area contributed by atoms with E-state index in [1.807, 2.05) is 67.6 Å². The molecule has 0 saturated carbocycles. The van der Waals surface area contributed by atoms with Crippen LogP contribution in [0.15, 0.2) is 73.1 Å². The third-order valence-electron chi connectivity index (χ3n) is 5.48. The Morgan fingerprint density at radius 3 is 2.70 bits per heavy atom. The molecule has 0 fully saturated rings. The van der Waals surface area contributed by atoms with Crippen LogP contribution in [-0.2, 0) is 16.2 Å².